The van der Waals surface area contributed by atoms with E-state index >= 15 is 0 Å². The molecule has 19 heavy (non-hydrogen) atoms. The third kappa shape index (κ3) is 4.05. The Balaban J connectivity index is 1.81. The molecular formula is C17H28N2. The summed E-state index contributed by atoms with van der Waals surface area (Å²) < 4.78 is 0. The molecule has 1 aliphatic rings. The largest absolute Gasteiger partial charge is 0.298 e. The Morgan fingerprint density at radius 1 is 0.947 bits per heavy atom. The molecule has 0 unspecified atom stereocenters. The van der Waals surface area contributed by atoms with Crippen molar-refractivity contribution < 1.29 is 0 Å². The zero-order chi connectivity index (χ0) is 13.7. The van der Waals surface area contributed by atoms with Crippen molar-refractivity contribution in [2.75, 3.05) is 26.2 Å². The normalized spacial score (nSPS) is 19.5. The molecule has 0 N–H and O–H groups in total. The minimum atomic E-state index is 0.742. The predicted octanol–water partition coefficient (Wildman–Crippen LogP) is 3.17. The molecule has 106 valence electrons. The molecule has 0 radical (unpaired) electrons. The van der Waals surface area contributed by atoms with Crippen LogP contribution in [0, 0.1) is 0 Å². The van der Waals surface area contributed by atoms with Crippen molar-refractivity contribution in [2.45, 2.75) is 46.2 Å². The highest BCUT2D eigenvalue weighted by molar-refractivity contribution is 5.22. The maximum atomic E-state index is 2.62. The molecule has 2 rings (SSSR count). The lowest BCUT2D eigenvalue weighted by atomic mass is 10.1. The van der Waals surface area contributed by atoms with E-state index in [1.165, 1.54) is 43.7 Å². The van der Waals surface area contributed by atoms with Gasteiger partial charge in [0.05, 0.1) is 0 Å². The summed E-state index contributed by atoms with van der Waals surface area (Å²) >= 11 is 0. The van der Waals surface area contributed by atoms with Crippen LogP contribution in [-0.4, -0.2) is 42.0 Å². The van der Waals surface area contributed by atoms with Crippen LogP contribution in [0.15, 0.2) is 24.3 Å². The van der Waals surface area contributed by atoms with E-state index in [0.717, 1.165) is 19.0 Å². The van der Waals surface area contributed by atoms with Gasteiger partial charge in [-0.15, -0.1) is 0 Å². The number of hydrogen-bond donors (Lipinski definition) is 0. The first-order valence-electron chi connectivity index (χ1n) is 7.77. The fourth-order valence-corrected chi connectivity index (χ4v) is 2.76. The second-order valence-electron chi connectivity index (χ2n) is 5.74. The van der Waals surface area contributed by atoms with Gasteiger partial charge < -0.3 is 0 Å². The smallest absolute Gasteiger partial charge is 0.0234 e. The number of rotatable bonds is 5. The van der Waals surface area contributed by atoms with E-state index in [1.807, 2.05) is 0 Å². The van der Waals surface area contributed by atoms with Gasteiger partial charge in [0, 0.05) is 38.8 Å². The highest BCUT2D eigenvalue weighted by Gasteiger charge is 2.19. The van der Waals surface area contributed by atoms with E-state index in [9.17, 15) is 0 Å². The summed E-state index contributed by atoms with van der Waals surface area (Å²) in [6, 6.07) is 9.86. The molecule has 0 aromatic heterocycles. The highest BCUT2D eigenvalue weighted by Crippen LogP contribution is 2.12. The fourth-order valence-electron chi connectivity index (χ4n) is 2.76. The summed E-state index contributed by atoms with van der Waals surface area (Å²) in [5.74, 6) is 0. The summed E-state index contributed by atoms with van der Waals surface area (Å²) in [5.41, 5.74) is 2.89. The van der Waals surface area contributed by atoms with Crippen LogP contribution >= 0.6 is 0 Å². The first kappa shape index (κ1) is 14.5. The number of benzene rings is 1. The molecule has 1 heterocycles. The molecule has 1 aromatic carbocycles. The molecule has 0 bridgehead atoms. The van der Waals surface area contributed by atoms with Gasteiger partial charge in [-0.1, -0.05) is 38.1 Å². The van der Waals surface area contributed by atoms with Gasteiger partial charge >= 0.3 is 0 Å². The minimum absolute atomic E-state index is 0.742. The molecule has 1 aliphatic heterocycles. The van der Waals surface area contributed by atoms with Gasteiger partial charge in [0.25, 0.3) is 0 Å². The predicted molar refractivity (Wildman–Crippen MR) is 82.4 cm³/mol. The molecule has 1 aromatic rings. The van der Waals surface area contributed by atoms with Gasteiger partial charge in [0.1, 0.15) is 0 Å². The molecular weight excluding hydrogens is 232 g/mol. The van der Waals surface area contributed by atoms with Crippen LogP contribution < -0.4 is 0 Å². The fraction of sp³-hybridized carbons (Fsp3) is 0.647. The Morgan fingerprint density at radius 3 is 2.05 bits per heavy atom. The van der Waals surface area contributed by atoms with Crippen molar-refractivity contribution in [3.8, 4) is 0 Å². The van der Waals surface area contributed by atoms with Crippen LogP contribution in [0.1, 0.15) is 38.3 Å². The summed E-state index contributed by atoms with van der Waals surface area (Å²) in [5, 5.41) is 0. The van der Waals surface area contributed by atoms with Crippen LogP contribution in [0.25, 0.3) is 0 Å². The standard InChI is InChI=1S/C17H28N2/c1-4-15(3)19-12-10-18(11-13-19)14-17-8-6-16(5-2)7-9-17/h6-9,15H,4-5,10-14H2,1-3H3/t15-/m0/s1. The van der Waals surface area contributed by atoms with Crippen molar-refractivity contribution in [1.29, 1.82) is 0 Å². The highest BCUT2D eigenvalue weighted by atomic mass is 15.3. The third-order valence-corrected chi connectivity index (χ3v) is 4.46. The molecule has 0 aliphatic carbocycles. The van der Waals surface area contributed by atoms with E-state index in [1.54, 1.807) is 0 Å². The van der Waals surface area contributed by atoms with Crippen LogP contribution in [0.5, 0.6) is 0 Å². The quantitative estimate of drug-likeness (QED) is 0.802. The van der Waals surface area contributed by atoms with E-state index in [4.69, 9.17) is 0 Å². The first-order chi connectivity index (χ1) is 9.22. The average molecular weight is 260 g/mol. The van der Waals surface area contributed by atoms with Gasteiger partial charge in [0.2, 0.25) is 0 Å². The molecule has 0 spiro atoms. The number of nitrogens with zero attached hydrogens (tertiary/aromatic N) is 2. The molecule has 1 fully saturated rings. The van der Waals surface area contributed by atoms with E-state index in [0.29, 0.717) is 0 Å². The third-order valence-electron chi connectivity index (χ3n) is 4.46. The van der Waals surface area contributed by atoms with Crippen molar-refractivity contribution in [1.82, 2.24) is 9.80 Å². The molecule has 0 amide bonds. The Bertz CT molecular complexity index is 363. The van der Waals surface area contributed by atoms with E-state index < -0.39 is 0 Å². The second-order valence-corrected chi connectivity index (χ2v) is 5.74. The monoisotopic (exact) mass is 260 g/mol. The minimum Gasteiger partial charge on any atom is -0.298 e. The molecule has 1 atom stereocenters. The van der Waals surface area contributed by atoms with Crippen molar-refractivity contribution in [3.63, 3.8) is 0 Å². The number of hydrogen-bond acceptors (Lipinski definition) is 2. The molecule has 2 heteroatoms. The molecule has 1 saturated heterocycles. The van der Waals surface area contributed by atoms with Gasteiger partial charge in [-0.05, 0) is 30.9 Å². The Hall–Kier alpha value is -0.860. The van der Waals surface area contributed by atoms with E-state index in [2.05, 4.69) is 54.8 Å². The van der Waals surface area contributed by atoms with Gasteiger partial charge in [-0.25, -0.2) is 0 Å². The van der Waals surface area contributed by atoms with Crippen molar-refractivity contribution >= 4 is 0 Å². The SMILES string of the molecule is CCc1ccc(CN2CCN([C@@H](C)CC)CC2)cc1. The van der Waals surface area contributed by atoms with Crippen LogP contribution in [0.2, 0.25) is 0 Å². The zero-order valence-electron chi connectivity index (χ0n) is 12.7. The van der Waals surface area contributed by atoms with Crippen LogP contribution in [0.4, 0.5) is 0 Å². The second kappa shape index (κ2) is 7.06. The van der Waals surface area contributed by atoms with Crippen molar-refractivity contribution in [2.24, 2.45) is 0 Å². The average Bonchev–Trinajstić information content (AvgIpc) is 2.48. The Labute approximate surface area is 118 Å². The Morgan fingerprint density at radius 2 is 1.53 bits per heavy atom. The van der Waals surface area contributed by atoms with Crippen LogP contribution in [0.3, 0.4) is 0 Å². The van der Waals surface area contributed by atoms with Crippen molar-refractivity contribution in [3.05, 3.63) is 35.4 Å². The van der Waals surface area contributed by atoms with Gasteiger partial charge in [-0.3, -0.25) is 9.80 Å². The maximum absolute atomic E-state index is 2.62. The lowest BCUT2D eigenvalue weighted by Gasteiger charge is -2.37. The summed E-state index contributed by atoms with van der Waals surface area (Å²) in [4.78, 5) is 5.20. The lowest BCUT2D eigenvalue weighted by molar-refractivity contribution is 0.0964. The zero-order valence-corrected chi connectivity index (χ0v) is 12.7. The maximum Gasteiger partial charge on any atom is 0.0234 e. The topological polar surface area (TPSA) is 6.48 Å². The molecule has 0 saturated carbocycles. The summed E-state index contributed by atoms with van der Waals surface area (Å²) in [7, 11) is 0. The summed E-state index contributed by atoms with van der Waals surface area (Å²) in [6.07, 6.45) is 2.40. The summed E-state index contributed by atoms with van der Waals surface area (Å²) in [6.45, 7) is 12.8. The number of piperazine rings is 1. The van der Waals surface area contributed by atoms with Crippen LogP contribution in [-0.2, 0) is 13.0 Å². The number of aryl methyl sites for hydroxylation is 1. The van der Waals surface area contributed by atoms with E-state index in [-0.39, 0.29) is 0 Å². The first-order valence-corrected chi connectivity index (χ1v) is 7.77. The molecule has 2 nitrogen and oxygen atoms in total. The van der Waals surface area contributed by atoms with Gasteiger partial charge in [0.15, 0.2) is 0 Å². The Kier molecular flexibility index (Phi) is 5.41. The lowest BCUT2D eigenvalue weighted by Crippen LogP contribution is -2.48. The van der Waals surface area contributed by atoms with Gasteiger partial charge in [-0.2, -0.15) is 0 Å².